The molecule has 0 aromatic rings. The maximum Gasteiger partial charge on any atom is 0.0613 e. The topological polar surface area (TPSA) is 24.5 Å². The Balaban J connectivity index is 1.96. The van der Waals surface area contributed by atoms with Crippen molar-refractivity contribution in [2.75, 3.05) is 26.2 Å². The van der Waals surface area contributed by atoms with Gasteiger partial charge in [0.15, 0.2) is 0 Å². The molecule has 3 nitrogen and oxygen atoms in total. The maximum atomic E-state index is 5.88. The third-order valence-electron chi connectivity index (χ3n) is 5.16. The zero-order valence-corrected chi connectivity index (χ0v) is 13.9. The fourth-order valence-electron chi connectivity index (χ4n) is 3.96. The average molecular weight is 282 g/mol. The van der Waals surface area contributed by atoms with Gasteiger partial charge in [-0.1, -0.05) is 34.1 Å². The summed E-state index contributed by atoms with van der Waals surface area (Å²) in [7, 11) is 0. The lowest BCUT2D eigenvalue weighted by atomic mass is 9.93. The molecule has 0 aromatic carbocycles. The van der Waals surface area contributed by atoms with Crippen LogP contribution in [-0.4, -0.2) is 49.3 Å². The molecule has 0 amide bonds. The third-order valence-corrected chi connectivity index (χ3v) is 5.16. The minimum Gasteiger partial charge on any atom is -0.378 e. The van der Waals surface area contributed by atoms with Crippen molar-refractivity contribution in [2.45, 2.75) is 71.6 Å². The van der Waals surface area contributed by atoms with E-state index in [2.05, 4.69) is 37.9 Å². The van der Waals surface area contributed by atoms with Crippen LogP contribution < -0.4 is 5.32 Å². The van der Waals surface area contributed by atoms with Gasteiger partial charge in [-0.3, -0.25) is 4.90 Å². The molecule has 3 heteroatoms. The number of piperazine rings is 1. The first-order valence-corrected chi connectivity index (χ1v) is 8.74. The van der Waals surface area contributed by atoms with Crippen LogP contribution in [0.2, 0.25) is 0 Å². The smallest absolute Gasteiger partial charge is 0.0613 e. The number of ether oxygens (including phenoxy) is 1. The summed E-state index contributed by atoms with van der Waals surface area (Å²) >= 11 is 0. The molecule has 1 N–H and O–H groups in total. The van der Waals surface area contributed by atoms with Crippen molar-refractivity contribution >= 4 is 0 Å². The summed E-state index contributed by atoms with van der Waals surface area (Å²) in [6.07, 6.45) is 5.51. The van der Waals surface area contributed by atoms with Crippen molar-refractivity contribution in [3.05, 3.63) is 0 Å². The van der Waals surface area contributed by atoms with Crippen molar-refractivity contribution in [2.24, 2.45) is 11.8 Å². The Morgan fingerprint density at radius 3 is 2.75 bits per heavy atom. The summed E-state index contributed by atoms with van der Waals surface area (Å²) in [6, 6.07) is 1.39. The molecule has 0 radical (unpaired) electrons. The molecule has 0 aromatic heterocycles. The highest BCUT2D eigenvalue weighted by atomic mass is 16.5. The predicted molar refractivity (Wildman–Crippen MR) is 85.0 cm³/mol. The van der Waals surface area contributed by atoms with E-state index in [0.29, 0.717) is 18.2 Å². The van der Waals surface area contributed by atoms with E-state index in [1.807, 2.05) is 0 Å². The molecule has 4 unspecified atom stereocenters. The van der Waals surface area contributed by atoms with Crippen LogP contribution in [0.3, 0.4) is 0 Å². The quantitative estimate of drug-likeness (QED) is 0.811. The molecule has 0 spiro atoms. The van der Waals surface area contributed by atoms with E-state index in [4.69, 9.17) is 4.74 Å². The lowest BCUT2D eigenvalue weighted by Crippen LogP contribution is -2.59. The van der Waals surface area contributed by atoms with Gasteiger partial charge in [-0.05, 0) is 31.1 Å². The second-order valence-electron chi connectivity index (χ2n) is 7.03. The Morgan fingerprint density at radius 1 is 1.30 bits per heavy atom. The normalized spacial score (nSPS) is 35.9. The Hall–Kier alpha value is -0.120. The molecule has 118 valence electrons. The Bertz CT molecular complexity index is 282. The minimum atomic E-state index is 0.502. The van der Waals surface area contributed by atoms with Crippen LogP contribution in [0.1, 0.15) is 53.4 Å². The second kappa shape index (κ2) is 7.77. The summed E-state index contributed by atoms with van der Waals surface area (Å²) in [5.74, 6) is 1.48. The molecular weight excluding hydrogens is 248 g/mol. The van der Waals surface area contributed by atoms with Gasteiger partial charge in [-0.2, -0.15) is 0 Å². The van der Waals surface area contributed by atoms with Crippen LogP contribution in [0.5, 0.6) is 0 Å². The lowest BCUT2D eigenvalue weighted by Gasteiger charge is -2.44. The van der Waals surface area contributed by atoms with E-state index in [9.17, 15) is 0 Å². The van der Waals surface area contributed by atoms with Gasteiger partial charge in [0.25, 0.3) is 0 Å². The van der Waals surface area contributed by atoms with Crippen LogP contribution in [0.15, 0.2) is 0 Å². The molecule has 2 heterocycles. The molecule has 0 aliphatic carbocycles. The molecule has 2 aliphatic heterocycles. The summed E-state index contributed by atoms with van der Waals surface area (Å²) in [6.45, 7) is 13.9. The van der Waals surface area contributed by atoms with Gasteiger partial charge in [0.05, 0.1) is 6.10 Å². The molecular formula is C17H34N2O. The van der Waals surface area contributed by atoms with Gasteiger partial charge in [0, 0.05) is 38.3 Å². The molecule has 2 rings (SSSR count). The van der Waals surface area contributed by atoms with Crippen LogP contribution in [-0.2, 0) is 4.74 Å². The number of nitrogens with zero attached hydrogens (tertiary/aromatic N) is 1. The number of nitrogens with one attached hydrogen (secondary N) is 1. The summed E-state index contributed by atoms with van der Waals surface area (Å²) in [4.78, 5) is 2.77. The van der Waals surface area contributed by atoms with E-state index in [-0.39, 0.29) is 0 Å². The maximum absolute atomic E-state index is 5.88. The summed E-state index contributed by atoms with van der Waals surface area (Å²) < 4.78 is 5.88. The van der Waals surface area contributed by atoms with Crippen molar-refractivity contribution in [1.82, 2.24) is 10.2 Å². The third kappa shape index (κ3) is 3.96. The van der Waals surface area contributed by atoms with Crippen LogP contribution in [0, 0.1) is 11.8 Å². The first-order chi connectivity index (χ1) is 9.65. The van der Waals surface area contributed by atoms with Crippen LogP contribution in [0.4, 0.5) is 0 Å². The van der Waals surface area contributed by atoms with Gasteiger partial charge >= 0.3 is 0 Å². The second-order valence-corrected chi connectivity index (χ2v) is 7.03. The lowest BCUT2D eigenvalue weighted by molar-refractivity contribution is 0.0438. The fraction of sp³-hybridized carbons (Fsp3) is 1.00. The molecule has 0 saturated carbocycles. The average Bonchev–Trinajstić information content (AvgIpc) is 2.86. The van der Waals surface area contributed by atoms with Gasteiger partial charge in [0.1, 0.15) is 0 Å². The molecule has 4 atom stereocenters. The highest BCUT2D eigenvalue weighted by Gasteiger charge is 2.34. The van der Waals surface area contributed by atoms with Crippen LogP contribution >= 0.6 is 0 Å². The van der Waals surface area contributed by atoms with E-state index >= 15 is 0 Å². The number of rotatable bonds is 6. The Kier molecular flexibility index (Phi) is 6.31. The van der Waals surface area contributed by atoms with Gasteiger partial charge in [-0.15, -0.1) is 0 Å². The van der Waals surface area contributed by atoms with Gasteiger partial charge < -0.3 is 10.1 Å². The summed E-state index contributed by atoms with van der Waals surface area (Å²) in [5, 5.41) is 3.76. The summed E-state index contributed by atoms with van der Waals surface area (Å²) in [5.41, 5.74) is 0. The number of hydrogen-bond donors (Lipinski definition) is 1. The van der Waals surface area contributed by atoms with Crippen molar-refractivity contribution in [3.8, 4) is 0 Å². The van der Waals surface area contributed by atoms with Gasteiger partial charge in [0.2, 0.25) is 0 Å². The minimum absolute atomic E-state index is 0.502. The van der Waals surface area contributed by atoms with E-state index in [1.54, 1.807) is 0 Å². The first kappa shape index (κ1) is 16.3. The monoisotopic (exact) mass is 282 g/mol. The predicted octanol–water partition coefficient (Wildman–Crippen LogP) is 2.90. The molecule has 2 fully saturated rings. The number of hydrogen-bond acceptors (Lipinski definition) is 3. The molecule has 2 aliphatic rings. The van der Waals surface area contributed by atoms with Crippen molar-refractivity contribution < 1.29 is 4.74 Å². The van der Waals surface area contributed by atoms with Crippen LogP contribution in [0.25, 0.3) is 0 Å². The largest absolute Gasteiger partial charge is 0.378 e. The standard InChI is InChI=1S/C17H34N2O/c1-5-7-15-12-19(16(10-18-15)13(3)4)11-14-8-9-20-17(14)6-2/h13-18H,5-12H2,1-4H3. The zero-order valence-electron chi connectivity index (χ0n) is 13.9. The highest BCUT2D eigenvalue weighted by Crippen LogP contribution is 2.27. The van der Waals surface area contributed by atoms with Crippen molar-refractivity contribution in [1.29, 1.82) is 0 Å². The first-order valence-electron chi connectivity index (χ1n) is 8.74. The van der Waals surface area contributed by atoms with E-state index < -0.39 is 0 Å². The zero-order chi connectivity index (χ0) is 14.5. The Morgan fingerprint density at radius 2 is 2.10 bits per heavy atom. The van der Waals surface area contributed by atoms with Gasteiger partial charge in [-0.25, -0.2) is 0 Å². The molecule has 0 bridgehead atoms. The fourth-order valence-corrected chi connectivity index (χ4v) is 3.96. The SMILES string of the molecule is CCCC1CN(CC2CCOC2CC)C(C(C)C)CN1. The highest BCUT2D eigenvalue weighted by molar-refractivity contribution is 4.90. The van der Waals surface area contributed by atoms with E-state index in [1.165, 1.54) is 38.8 Å². The Labute approximate surface area is 125 Å². The van der Waals surface area contributed by atoms with E-state index in [0.717, 1.165) is 25.0 Å². The van der Waals surface area contributed by atoms with Crippen molar-refractivity contribution in [3.63, 3.8) is 0 Å². The molecule has 20 heavy (non-hydrogen) atoms. The molecule has 2 saturated heterocycles.